The van der Waals surface area contributed by atoms with Crippen LogP contribution < -0.4 is 5.32 Å². The van der Waals surface area contributed by atoms with Gasteiger partial charge in [-0.25, -0.2) is 0 Å². The van der Waals surface area contributed by atoms with Gasteiger partial charge in [0.05, 0.1) is 0 Å². The predicted molar refractivity (Wildman–Crippen MR) is 89.7 cm³/mol. The van der Waals surface area contributed by atoms with E-state index in [9.17, 15) is 0 Å². The van der Waals surface area contributed by atoms with E-state index in [4.69, 9.17) is 0 Å². The van der Waals surface area contributed by atoms with E-state index >= 15 is 0 Å². The summed E-state index contributed by atoms with van der Waals surface area (Å²) in [5.74, 6) is 0.669. The highest BCUT2D eigenvalue weighted by Gasteiger charge is 2.29. The molecule has 1 unspecified atom stereocenters. The molecule has 0 aliphatic heterocycles. The van der Waals surface area contributed by atoms with Crippen LogP contribution in [0.15, 0.2) is 42.5 Å². The van der Waals surface area contributed by atoms with Crippen molar-refractivity contribution < 1.29 is 0 Å². The van der Waals surface area contributed by atoms with Gasteiger partial charge in [-0.2, -0.15) is 0 Å². The maximum absolute atomic E-state index is 3.74. The van der Waals surface area contributed by atoms with Crippen molar-refractivity contribution in [3.63, 3.8) is 0 Å². The molecule has 0 radical (unpaired) electrons. The van der Waals surface area contributed by atoms with Crippen LogP contribution in [0.1, 0.15) is 40.8 Å². The first-order valence-corrected chi connectivity index (χ1v) is 8.07. The fourth-order valence-electron chi connectivity index (χ4n) is 3.69. The second-order valence-corrected chi connectivity index (χ2v) is 6.26. The first-order valence-electron chi connectivity index (χ1n) is 8.07. The van der Waals surface area contributed by atoms with Gasteiger partial charge >= 0.3 is 0 Å². The standard InChI is InChI=1S/C20H25N/c1-4-21-20(19-11-7-8-14(2)15(19)3)18-12-16-9-5-6-10-17(16)13-18/h5-11,18,20-21H,4,12-13H2,1-3H3. The lowest BCUT2D eigenvalue weighted by atomic mass is 9.87. The zero-order chi connectivity index (χ0) is 14.8. The normalized spacial score (nSPS) is 16.0. The van der Waals surface area contributed by atoms with Crippen LogP contribution in [0.3, 0.4) is 0 Å². The number of rotatable bonds is 4. The Morgan fingerprint density at radius 1 is 1.00 bits per heavy atom. The third-order valence-electron chi connectivity index (χ3n) is 4.96. The van der Waals surface area contributed by atoms with E-state index in [0.29, 0.717) is 12.0 Å². The van der Waals surface area contributed by atoms with Crippen LogP contribution >= 0.6 is 0 Å². The number of hydrogen-bond acceptors (Lipinski definition) is 1. The zero-order valence-corrected chi connectivity index (χ0v) is 13.3. The summed E-state index contributed by atoms with van der Waals surface area (Å²) in [6.45, 7) is 7.70. The first-order chi connectivity index (χ1) is 10.2. The molecule has 21 heavy (non-hydrogen) atoms. The minimum Gasteiger partial charge on any atom is -0.310 e. The maximum atomic E-state index is 3.74. The third kappa shape index (κ3) is 2.75. The molecule has 0 bridgehead atoms. The van der Waals surface area contributed by atoms with Gasteiger partial charge < -0.3 is 5.32 Å². The van der Waals surface area contributed by atoms with Gasteiger partial charge in [0.25, 0.3) is 0 Å². The molecule has 1 aliphatic rings. The maximum Gasteiger partial charge on any atom is 0.0357 e. The van der Waals surface area contributed by atoms with Crippen molar-refractivity contribution in [2.45, 2.75) is 39.7 Å². The minimum atomic E-state index is 0.460. The average Bonchev–Trinajstić information content (AvgIpc) is 2.91. The molecule has 0 amide bonds. The highest BCUT2D eigenvalue weighted by molar-refractivity contribution is 5.38. The van der Waals surface area contributed by atoms with Gasteiger partial charge in [-0.3, -0.25) is 0 Å². The fraction of sp³-hybridized carbons (Fsp3) is 0.400. The van der Waals surface area contributed by atoms with Gasteiger partial charge in [0.1, 0.15) is 0 Å². The number of hydrogen-bond donors (Lipinski definition) is 1. The molecule has 0 spiro atoms. The Hall–Kier alpha value is -1.60. The van der Waals surface area contributed by atoms with Crippen molar-refractivity contribution in [2.75, 3.05) is 6.54 Å². The van der Waals surface area contributed by atoms with Gasteiger partial charge in [-0.15, -0.1) is 0 Å². The molecule has 0 saturated carbocycles. The molecule has 1 N–H and O–H groups in total. The van der Waals surface area contributed by atoms with E-state index in [2.05, 4.69) is 68.6 Å². The van der Waals surface area contributed by atoms with Crippen LogP contribution in [-0.4, -0.2) is 6.54 Å². The summed E-state index contributed by atoms with van der Waals surface area (Å²) < 4.78 is 0. The van der Waals surface area contributed by atoms with E-state index in [-0.39, 0.29) is 0 Å². The molecule has 0 heterocycles. The van der Waals surface area contributed by atoms with Crippen LogP contribution in [0.2, 0.25) is 0 Å². The van der Waals surface area contributed by atoms with E-state index in [1.54, 1.807) is 0 Å². The van der Waals surface area contributed by atoms with Gasteiger partial charge in [0, 0.05) is 6.04 Å². The van der Waals surface area contributed by atoms with Gasteiger partial charge in [0.15, 0.2) is 0 Å². The second kappa shape index (κ2) is 6.03. The molecule has 1 nitrogen and oxygen atoms in total. The summed E-state index contributed by atoms with van der Waals surface area (Å²) in [5.41, 5.74) is 7.39. The van der Waals surface area contributed by atoms with Crippen molar-refractivity contribution in [2.24, 2.45) is 5.92 Å². The monoisotopic (exact) mass is 279 g/mol. The molecule has 2 aromatic carbocycles. The van der Waals surface area contributed by atoms with Crippen LogP contribution in [-0.2, 0) is 12.8 Å². The lowest BCUT2D eigenvalue weighted by Crippen LogP contribution is -2.29. The number of nitrogens with one attached hydrogen (secondary N) is 1. The smallest absolute Gasteiger partial charge is 0.0357 e. The minimum absolute atomic E-state index is 0.460. The molecule has 1 heteroatoms. The summed E-state index contributed by atoms with van der Waals surface area (Å²) in [6, 6.07) is 16.1. The Bertz CT molecular complexity index is 604. The number of fused-ring (bicyclic) bond motifs is 1. The highest BCUT2D eigenvalue weighted by atomic mass is 14.9. The molecular weight excluding hydrogens is 254 g/mol. The quantitative estimate of drug-likeness (QED) is 0.876. The van der Waals surface area contributed by atoms with Crippen molar-refractivity contribution in [1.82, 2.24) is 5.32 Å². The number of benzene rings is 2. The molecule has 110 valence electrons. The summed E-state index contributed by atoms with van der Waals surface area (Å²) in [4.78, 5) is 0. The molecule has 0 saturated heterocycles. The van der Waals surface area contributed by atoms with Crippen molar-refractivity contribution in [1.29, 1.82) is 0 Å². The van der Waals surface area contributed by atoms with Crippen LogP contribution in [0, 0.1) is 19.8 Å². The van der Waals surface area contributed by atoms with E-state index in [1.807, 2.05) is 0 Å². The Morgan fingerprint density at radius 2 is 1.67 bits per heavy atom. The molecule has 0 aromatic heterocycles. The van der Waals surface area contributed by atoms with Crippen LogP contribution in [0.25, 0.3) is 0 Å². The van der Waals surface area contributed by atoms with Gasteiger partial charge in [-0.05, 0) is 67.0 Å². The molecule has 1 aliphatic carbocycles. The SMILES string of the molecule is CCNC(c1cccc(C)c1C)C1Cc2ccccc2C1. The van der Waals surface area contributed by atoms with Crippen molar-refractivity contribution in [3.8, 4) is 0 Å². The van der Waals surface area contributed by atoms with E-state index in [1.165, 1.54) is 40.7 Å². The topological polar surface area (TPSA) is 12.0 Å². The first kappa shape index (κ1) is 14.3. The Kier molecular flexibility index (Phi) is 4.12. The predicted octanol–water partition coefficient (Wildman–Crippen LogP) is 4.37. The van der Waals surface area contributed by atoms with Crippen LogP contribution in [0.4, 0.5) is 0 Å². The summed E-state index contributed by atoms with van der Waals surface area (Å²) >= 11 is 0. The summed E-state index contributed by atoms with van der Waals surface area (Å²) in [6.07, 6.45) is 2.39. The van der Waals surface area contributed by atoms with E-state index < -0.39 is 0 Å². The lowest BCUT2D eigenvalue weighted by molar-refractivity contribution is 0.379. The average molecular weight is 279 g/mol. The molecule has 2 aromatic rings. The summed E-state index contributed by atoms with van der Waals surface area (Å²) in [5, 5.41) is 3.74. The fourth-order valence-corrected chi connectivity index (χ4v) is 3.69. The Labute approximate surface area is 128 Å². The molecule has 3 rings (SSSR count). The Morgan fingerprint density at radius 3 is 2.29 bits per heavy atom. The van der Waals surface area contributed by atoms with Gasteiger partial charge in [-0.1, -0.05) is 49.4 Å². The third-order valence-corrected chi connectivity index (χ3v) is 4.96. The largest absolute Gasteiger partial charge is 0.310 e. The van der Waals surface area contributed by atoms with Crippen LogP contribution in [0.5, 0.6) is 0 Å². The zero-order valence-electron chi connectivity index (χ0n) is 13.3. The molecular formula is C20H25N. The highest BCUT2D eigenvalue weighted by Crippen LogP contribution is 2.36. The van der Waals surface area contributed by atoms with Crippen molar-refractivity contribution >= 4 is 0 Å². The number of aryl methyl sites for hydroxylation is 1. The second-order valence-electron chi connectivity index (χ2n) is 6.26. The van der Waals surface area contributed by atoms with E-state index in [0.717, 1.165) is 6.54 Å². The Balaban J connectivity index is 1.91. The summed E-state index contributed by atoms with van der Waals surface area (Å²) in [7, 11) is 0. The lowest BCUT2D eigenvalue weighted by Gasteiger charge is -2.27. The molecule has 0 fully saturated rings. The van der Waals surface area contributed by atoms with Gasteiger partial charge in [0.2, 0.25) is 0 Å². The molecule has 1 atom stereocenters. The van der Waals surface area contributed by atoms with Crippen molar-refractivity contribution in [3.05, 3.63) is 70.3 Å².